The summed E-state index contributed by atoms with van der Waals surface area (Å²) in [5, 5.41) is 11.8. The molecule has 0 spiro atoms. The first-order valence-corrected chi connectivity index (χ1v) is 6.94. The van der Waals surface area contributed by atoms with Crippen LogP contribution >= 0.6 is 0 Å². The fourth-order valence-electron chi connectivity index (χ4n) is 1.99. The van der Waals surface area contributed by atoms with Gasteiger partial charge in [-0.15, -0.1) is 0 Å². The third kappa shape index (κ3) is 5.17. The SMILES string of the molecule is O=C(CCc1ccc(F)cc1F)NCCc1nc(O)cc(=O)[nH]1. The average Bonchev–Trinajstić information content (AvgIpc) is 2.45. The minimum atomic E-state index is -0.681. The largest absolute Gasteiger partial charge is 0.493 e. The molecule has 122 valence electrons. The summed E-state index contributed by atoms with van der Waals surface area (Å²) in [6.07, 6.45) is 0.436. The molecule has 0 radical (unpaired) electrons. The van der Waals surface area contributed by atoms with E-state index in [1.807, 2.05) is 0 Å². The predicted molar refractivity (Wildman–Crippen MR) is 77.9 cm³/mol. The molecule has 0 unspecified atom stereocenters. The van der Waals surface area contributed by atoms with Gasteiger partial charge in [-0.05, 0) is 18.1 Å². The van der Waals surface area contributed by atoms with Crippen LogP contribution in [-0.2, 0) is 17.6 Å². The minimum Gasteiger partial charge on any atom is -0.493 e. The summed E-state index contributed by atoms with van der Waals surface area (Å²) in [7, 11) is 0. The van der Waals surface area contributed by atoms with Crippen molar-refractivity contribution in [2.75, 3.05) is 6.54 Å². The second-order valence-corrected chi connectivity index (χ2v) is 4.89. The van der Waals surface area contributed by atoms with Gasteiger partial charge in [-0.3, -0.25) is 9.59 Å². The Morgan fingerprint density at radius 2 is 2.04 bits per heavy atom. The Balaban J connectivity index is 1.78. The quantitative estimate of drug-likeness (QED) is 0.740. The molecule has 1 aromatic carbocycles. The number of carbonyl (C=O) groups is 1. The van der Waals surface area contributed by atoms with Crippen molar-refractivity contribution in [3.63, 3.8) is 0 Å². The summed E-state index contributed by atoms with van der Waals surface area (Å²) in [6.45, 7) is 0.205. The third-order valence-electron chi connectivity index (χ3n) is 3.10. The van der Waals surface area contributed by atoms with Gasteiger partial charge in [0.1, 0.15) is 17.5 Å². The van der Waals surface area contributed by atoms with Gasteiger partial charge in [0.05, 0.1) is 6.07 Å². The number of carbonyl (C=O) groups excluding carboxylic acids is 1. The molecule has 2 aromatic rings. The van der Waals surface area contributed by atoms with E-state index in [9.17, 15) is 23.5 Å². The van der Waals surface area contributed by atoms with Crippen LogP contribution < -0.4 is 10.9 Å². The summed E-state index contributed by atoms with van der Waals surface area (Å²) >= 11 is 0. The van der Waals surface area contributed by atoms with Gasteiger partial charge in [-0.1, -0.05) is 6.07 Å². The van der Waals surface area contributed by atoms with Gasteiger partial charge in [-0.2, -0.15) is 0 Å². The Labute approximate surface area is 130 Å². The van der Waals surface area contributed by atoms with Crippen LogP contribution in [0.1, 0.15) is 17.8 Å². The number of aromatic hydroxyl groups is 1. The highest BCUT2D eigenvalue weighted by atomic mass is 19.1. The highest BCUT2D eigenvalue weighted by Gasteiger charge is 2.07. The number of hydrogen-bond acceptors (Lipinski definition) is 4. The smallest absolute Gasteiger partial charge is 0.254 e. The Bertz CT molecular complexity index is 762. The molecule has 1 amide bonds. The zero-order valence-electron chi connectivity index (χ0n) is 12.1. The number of aromatic nitrogens is 2. The van der Waals surface area contributed by atoms with Gasteiger partial charge in [0.15, 0.2) is 0 Å². The molecule has 3 N–H and O–H groups in total. The number of nitrogens with one attached hydrogen (secondary N) is 2. The van der Waals surface area contributed by atoms with E-state index in [-0.39, 0.29) is 49.0 Å². The summed E-state index contributed by atoms with van der Waals surface area (Å²) in [5.41, 5.74) is -0.217. The van der Waals surface area contributed by atoms with E-state index in [1.54, 1.807) is 0 Å². The van der Waals surface area contributed by atoms with Crippen LogP contribution in [0.2, 0.25) is 0 Å². The lowest BCUT2D eigenvalue weighted by atomic mass is 10.1. The summed E-state index contributed by atoms with van der Waals surface area (Å²) < 4.78 is 26.2. The van der Waals surface area contributed by atoms with Crippen molar-refractivity contribution in [3.8, 4) is 5.88 Å². The van der Waals surface area contributed by atoms with E-state index in [4.69, 9.17) is 0 Å². The van der Waals surface area contributed by atoms with Gasteiger partial charge in [0.25, 0.3) is 5.56 Å². The monoisotopic (exact) mass is 323 g/mol. The first-order chi connectivity index (χ1) is 10.9. The van der Waals surface area contributed by atoms with Crippen molar-refractivity contribution in [3.05, 3.63) is 57.6 Å². The van der Waals surface area contributed by atoms with E-state index < -0.39 is 17.2 Å². The number of amides is 1. The number of halogens is 2. The summed E-state index contributed by atoms with van der Waals surface area (Å²) in [4.78, 5) is 28.9. The molecule has 0 saturated heterocycles. The van der Waals surface area contributed by atoms with E-state index in [1.165, 1.54) is 6.07 Å². The van der Waals surface area contributed by atoms with Crippen LogP contribution in [0.3, 0.4) is 0 Å². The number of H-pyrrole nitrogens is 1. The molecular weight excluding hydrogens is 308 g/mol. The first-order valence-electron chi connectivity index (χ1n) is 6.94. The van der Waals surface area contributed by atoms with Crippen molar-refractivity contribution < 1.29 is 18.7 Å². The summed E-state index contributed by atoms with van der Waals surface area (Å²) in [6, 6.07) is 4.16. The Morgan fingerprint density at radius 1 is 1.26 bits per heavy atom. The fourth-order valence-corrected chi connectivity index (χ4v) is 1.99. The van der Waals surface area contributed by atoms with Gasteiger partial charge >= 0.3 is 0 Å². The molecule has 0 saturated carbocycles. The maximum atomic E-state index is 13.4. The number of nitrogens with zero attached hydrogens (tertiary/aromatic N) is 1. The van der Waals surface area contributed by atoms with Crippen LogP contribution in [0.5, 0.6) is 5.88 Å². The molecule has 1 aromatic heterocycles. The highest BCUT2D eigenvalue weighted by molar-refractivity contribution is 5.76. The Morgan fingerprint density at radius 3 is 2.74 bits per heavy atom. The molecule has 8 heteroatoms. The molecule has 1 heterocycles. The van der Waals surface area contributed by atoms with E-state index in [0.717, 1.165) is 18.2 Å². The molecule has 2 rings (SSSR count). The standard InChI is InChI=1S/C15H15F2N3O3/c16-10-3-1-9(11(17)7-10)2-4-13(21)18-6-5-12-19-14(22)8-15(23)20-12/h1,3,7-8H,2,4-6H2,(H,18,21)(H2,19,20,22,23). The zero-order chi connectivity index (χ0) is 16.8. The lowest BCUT2D eigenvalue weighted by Gasteiger charge is -2.06. The maximum Gasteiger partial charge on any atom is 0.254 e. The molecule has 0 aliphatic carbocycles. The maximum absolute atomic E-state index is 13.4. The second-order valence-electron chi connectivity index (χ2n) is 4.89. The van der Waals surface area contributed by atoms with Gasteiger partial charge in [-0.25, -0.2) is 13.8 Å². The van der Waals surface area contributed by atoms with Crippen LogP contribution in [0.4, 0.5) is 8.78 Å². The number of benzene rings is 1. The van der Waals surface area contributed by atoms with Crippen LogP contribution in [0.15, 0.2) is 29.1 Å². The molecule has 6 nitrogen and oxygen atoms in total. The molecule has 0 fully saturated rings. The zero-order valence-corrected chi connectivity index (χ0v) is 12.1. The Hall–Kier alpha value is -2.77. The van der Waals surface area contributed by atoms with Crippen molar-refractivity contribution in [2.45, 2.75) is 19.3 Å². The van der Waals surface area contributed by atoms with E-state index in [0.29, 0.717) is 0 Å². The van der Waals surface area contributed by atoms with Crippen molar-refractivity contribution in [2.24, 2.45) is 0 Å². The topological polar surface area (TPSA) is 95.1 Å². The van der Waals surface area contributed by atoms with Gasteiger partial charge in [0, 0.05) is 25.5 Å². The molecule has 23 heavy (non-hydrogen) atoms. The first kappa shape index (κ1) is 16.6. The molecule has 0 aliphatic rings. The molecule has 0 bridgehead atoms. The predicted octanol–water partition coefficient (Wildman–Crippen LogP) is 1.05. The Kier molecular flexibility index (Phi) is 5.40. The van der Waals surface area contributed by atoms with Crippen molar-refractivity contribution >= 4 is 5.91 Å². The minimum absolute atomic E-state index is 0.0482. The fraction of sp³-hybridized carbons (Fsp3) is 0.267. The number of hydrogen-bond donors (Lipinski definition) is 3. The molecule has 0 atom stereocenters. The lowest BCUT2D eigenvalue weighted by Crippen LogP contribution is -2.27. The summed E-state index contributed by atoms with van der Waals surface area (Å²) in [5.74, 6) is -1.79. The third-order valence-corrected chi connectivity index (χ3v) is 3.10. The average molecular weight is 323 g/mol. The highest BCUT2D eigenvalue weighted by Crippen LogP contribution is 2.11. The lowest BCUT2D eigenvalue weighted by molar-refractivity contribution is -0.121. The normalized spacial score (nSPS) is 10.5. The second kappa shape index (κ2) is 7.48. The van der Waals surface area contributed by atoms with E-state index >= 15 is 0 Å². The van der Waals surface area contributed by atoms with Crippen molar-refractivity contribution in [1.29, 1.82) is 0 Å². The van der Waals surface area contributed by atoms with Gasteiger partial charge < -0.3 is 15.4 Å². The van der Waals surface area contributed by atoms with Crippen molar-refractivity contribution in [1.82, 2.24) is 15.3 Å². The van der Waals surface area contributed by atoms with E-state index in [2.05, 4.69) is 15.3 Å². The van der Waals surface area contributed by atoms with Crippen LogP contribution in [-0.4, -0.2) is 27.5 Å². The molecule has 0 aliphatic heterocycles. The molecular formula is C15H15F2N3O3. The number of rotatable bonds is 6. The van der Waals surface area contributed by atoms with Crippen LogP contribution in [0, 0.1) is 11.6 Å². The van der Waals surface area contributed by atoms with Crippen LogP contribution in [0.25, 0.3) is 0 Å². The number of aromatic amines is 1. The van der Waals surface area contributed by atoms with Gasteiger partial charge in [0.2, 0.25) is 11.8 Å². The number of aryl methyl sites for hydroxylation is 1.